The van der Waals surface area contributed by atoms with Crippen molar-refractivity contribution in [2.75, 3.05) is 6.61 Å². The van der Waals surface area contributed by atoms with Gasteiger partial charge in [0.15, 0.2) is 0 Å². The summed E-state index contributed by atoms with van der Waals surface area (Å²) in [4.78, 5) is 4.26. The highest BCUT2D eigenvalue weighted by molar-refractivity contribution is 5.35. The van der Waals surface area contributed by atoms with Gasteiger partial charge in [0.25, 0.3) is 0 Å². The van der Waals surface area contributed by atoms with Gasteiger partial charge in [-0.05, 0) is 11.6 Å². The van der Waals surface area contributed by atoms with Crippen molar-refractivity contribution in [1.82, 2.24) is 0 Å². The van der Waals surface area contributed by atoms with Crippen LogP contribution in [0.15, 0.2) is 12.1 Å². The van der Waals surface area contributed by atoms with Crippen LogP contribution in [-0.4, -0.2) is 6.61 Å². The summed E-state index contributed by atoms with van der Waals surface area (Å²) in [5.74, 6) is 3.21. The highest BCUT2D eigenvalue weighted by Gasteiger charge is 2.09. The minimum absolute atomic E-state index is 0.118. The van der Waals surface area contributed by atoms with Crippen LogP contribution in [0, 0.1) is 23.0 Å². The zero-order chi connectivity index (χ0) is 10.6. The molecule has 1 aromatic carbocycles. The van der Waals surface area contributed by atoms with Gasteiger partial charge >= 0.3 is 0 Å². The third kappa shape index (κ3) is 2.25. The van der Waals surface area contributed by atoms with Crippen LogP contribution >= 0.6 is 0 Å². The van der Waals surface area contributed by atoms with Crippen LogP contribution in [0.4, 0.5) is 8.78 Å². The lowest BCUT2D eigenvalue weighted by molar-refractivity contribution is 0.140. The fraction of sp³-hybridized carbons (Fsp3) is 0.222. The first-order valence-electron chi connectivity index (χ1n) is 3.88. The maximum absolute atomic E-state index is 13.0. The maximum Gasteiger partial charge on any atom is 0.143 e. The number of hydrogen-bond donors (Lipinski definition) is 1. The van der Waals surface area contributed by atoms with Gasteiger partial charge in [-0.25, -0.2) is 14.7 Å². The smallest absolute Gasteiger partial charge is 0.143 e. The van der Waals surface area contributed by atoms with E-state index in [0.717, 1.165) is 6.07 Å². The van der Waals surface area contributed by atoms with Gasteiger partial charge in [0.05, 0.1) is 12.2 Å². The van der Waals surface area contributed by atoms with Gasteiger partial charge < -0.3 is 4.84 Å². The van der Waals surface area contributed by atoms with E-state index in [9.17, 15) is 8.78 Å². The number of nitriles is 1. The summed E-state index contributed by atoms with van der Waals surface area (Å²) in [6, 6.07) is 3.47. The lowest BCUT2D eigenvalue weighted by atomic mass is 10.1. The molecule has 0 heterocycles. The van der Waals surface area contributed by atoms with Gasteiger partial charge in [-0.3, -0.25) is 0 Å². The third-order valence-electron chi connectivity index (χ3n) is 1.75. The molecule has 14 heavy (non-hydrogen) atoms. The van der Waals surface area contributed by atoms with Crippen LogP contribution in [-0.2, 0) is 11.3 Å². The highest BCUT2D eigenvalue weighted by atomic mass is 19.1. The predicted molar refractivity (Wildman–Crippen MR) is 44.9 cm³/mol. The Hall–Kier alpha value is -1.51. The fourth-order valence-corrected chi connectivity index (χ4v) is 1.04. The van der Waals surface area contributed by atoms with Crippen LogP contribution in [0.2, 0.25) is 0 Å². The third-order valence-corrected chi connectivity index (χ3v) is 1.75. The van der Waals surface area contributed by atoms with Gasteiger partial charge in [0.2, 0.25) is 0 Å². The topological polar surface area (TPSA) is 59.0 Å². The summed E-state index contributed by atoms with van der Waals surface area (Å²) in [6.45, 7) is 0.118. The van der Waals surface area contributed by atoms with Crippen molar-refractivity contribution in [3.05, 3.63) is 34.9 Å². The van der Waals surface area contributed by atoms with Crippen LogP contribution in [0.5, 0.6) is 0 Å². The van der Waals surface area contributed by atoms with E-state index < -0.39 is 11.6 Å². The number of rotatable bonds is 3. The van der Waals surface area contributed by atoms with Crippen LogP contribution in [0.1, 0.15) is 11.1 Å². The van der Waals surface area contributed by atoms with Crippen LogP contribution < -0.4 is 5.90 Å². The molecule has 0 amide bonds. The molecule has 74 valence electrons. The van der Waals surface area contributed by atoms with E-state index in [1.54, 1.807) is 6.07 Å². The molecule has 0 aliphatic rings. The molecule has 0 fully saturated rings. The average Bonchev–Trinajstić information content (AvgIpc) is 2.17. The molecule has 0 aliphatic heterocycles. The lowest BCUT2D eigenvalue weighted by Gasteiger charge is -2.03. The second kappa shape index (κ2) is 4.65. The Morgan fingerprint density at radius 1 is 1.36 bits per heavy atom. The van der Waals surface area contributed by atoms with E-state index in [0.29, 0.717) is 6.07 Å². The molecule has 1 aromatic rings. The molecule has 0 saturated carbocycles. The van der Waals surface area contributed by atoms with Gasteiger partial charge in [0.1, 0.15) is 17.7 Å². The van der Waals surface area contributed by atoms with E-state index in [1.165, 1.54) is 0 Å². The van der Waals surface area contributed by atoms with Crippen molar-refractivity contribution in [2.24, 2.45) is 5.90 Å². The van der Waals surface area contributed by atoms with E-state index in [2.05, 4.69) is 4.84 Å². The molecule has 0 atom stereocenters. The van der Waals surface area contributed by atoms with E-state index in [-0.39, 0.29) is 24.2 Å². The predicted octanol–water partition coefficient (Wildman–Crippen LogP) is 1.27. The monoisotopic (exact) mass is 198 g/mol. The molecule has 0 saturated heterocycles. The normalized spacial score (nSPS) is 9.86. The molecular weight excluding hydrogens is 190 g/mol. The van der Waals surface area contributed by atoms with Crippen LogP contribution in [0.25, 0.3) is 0 Å². The van der Waals surface area contributed by atoms with Gasteiger partial charge in [-0.1, -0.05) is 0 Å². The standard InChI is InChI=1S/C9H8F2N2O/c10-8-4-9(11)7(5-12)3-6(8)1-2-14-13/h3-4H,1-2,13H2. The van der Waals surface area contributed by atoms with Gasteiger partial charge in [0, 0.05) is 12.5 Å². The number of benzene rings is 1. The molecule has 0 spiro atoms. The second-order valence-electron chi connectivity index (χ2n) is 2.66. The Balaban J connectivity index is 3.00. The molecule has 2 N–H and O–H groups in total. The largest absolute Gasteiger partial charge is 0.304 e. The summed E-state index contributed by atoms with van der Waals surface area (Å²) in [7, 11) is 0. The SMILES string of the molecule is N#Cc1cc(CCON)c(F)cc1F. The second-order valence-corrected chi connectivity index (χ2v) is 2.66. The summed E-state index contributed by atoms with van der Waals surface area (Å²) in [5, 5.41) is 8.49. The number of hydrogen-bond acceptors (Lipinski definition) is 3. The minimum atomic E-state index is -0.859. The molecule has 0 aliphatic carbocycles. The Morgan fingerprint density at radius 3 is 2.64 bits per heavy atom. The molecule has 0 bridgehead atoms. The van der Waals surface area contributed by atoms with Crippen LogP contribution in [0.3, 0.4) is 0 Å². The van der Waals surface area contributed by atoms with Crippen molar-refractivity contribution in [3.8, 4) is 6.07 Å². The van der Waals surface area contributed by atoms with Crippen molar-refractivity contribution < 1.29 is 13.6 Å². The van der Waals surface area contributed by atoms with Crippen molar-refractivity contribution in [1.29, 1.82) is 5.26 Å². The van der Waals surface area contributed by atoms with Gasteiger partial charge in [-0.15, -0.1) is 0 Å². The molecule has 3 nitrogen and oxygen atoms in total. The first-order chi connectivity index (χ1) is 6.69. The van der Waals surface area contributed by atoms with Crippen molar-refractivity contribution >= 4 is 0 Å². The Bertz CT molecular complexity index is 374. The Kier molecular flexibility index (Phi) is 3.51. The van der Waals surface area contributed by atoms with E-state index in [1.807, 2.05) is 0 Å². The van der Waals surface area contributed by atoms with Crippen molar-refractivity contribution in [3.63, 3.8) is 0 Å². The van der Waals surface area contributed by atoms with Crippen molar-refractivity contribution in [2.45, 2.75) is 6.42 Å². The maximum atomic E-state index is 13.0. The highest BCUT2D eigenvalue weighted by Crippen LogP contribution is 2.14. The molecular formula is C9H8F2N2O. The molecule has 0 radical (unpaired) electrons. The zero-order valence-electron chi connectivity index (χ0n) is 7.26. The minimum Gasteiger partial charge on any atom is -0.304 e. The summed E-state index contributed by atoms with van der Waals surface area (Å²) < 4.78 is 25.9. The Morgan fingerprint density at radius 2 is 2.07 bits per heavy atom. The first kappa shape index (κ1) is 10.6. The number of nitrogens with zero attached hydrogens (tertiary/aromatic N) is 1. The van der Waals surface area contributed by atoms with Gasteiger partial charge in [-0.2, -0.15) is 5.26 Å². The molecule has 1 rings (SSSR count). The molecule has 0 aromatic heterocycles. The zero-order valence-corrected chi connectivity index (χ0v) is 7.26. The Labute approximate surface area is 79.7 Å². The number of nitrogens with two attached hydrogens (primary N) is 1. The lowest BCUT2D eigenvalue weighted by Crippen LogP contribution is -2.05. The molecule has 5 heteroatoms. The molecule has 0 unspecified atom stereocenters. The first-order valence-corrected chi connectivity index (χ1v) is 3.88. The average molecular weight is 198 g/mol. The van der Waals surface area contributed by atoms with E-state index >= 15 is 0 Å². The quantitative estimate of drug-likeness (QED) is 0.744. The number of halogens is 2. The summed E-state index contributed by atoms with van der Waals surface area (Å²) in [5.41, 5.74) is 0.0341. The van der Waals surface area contributed by atoms with E-state index in [4.69, 9.17) is 11.2 Å². The summed E-state index contributed by atoms with van der Waals surface area (Å²) >= 11 is 0. The fourth-order valence-electron chi connectivity index (χ4n) is 1.04. The summed E-state index contributed by atoms with van der Waals surface area (Å²) in [6.07, 6.45) is 0.206.